The van der Waals surface area contributed by atoms with E-state index >= 15 is 0 Å². The molecule has 23 heavy (non-hydrogen) atoms. The minimum atomic E-state index is -4.45. The van der Waals surface area contributed by atoms with Gasteiger partial charge in [-0.2, -0.15) is 17.5 Å². The molecule has 1 aromatic heterocycles. The summed E-state index contributed by atoms with van der Waals surface area (Å²) in [6.07, 6.45) is -5.15. The summed E-state index contributed by atoms with van der Waals surface area (Å²) in [4.78, 5) is 11.7. The second-order valence-electron chi connectivity index (χ2n) is 4.84. The molecule has 0 unspecified atom stereocenters. The van der Waals surface area contributed by atoms with Gasteiger partial charge in [0.1, 0.15) is 5.69 Å². The predicted octanol–water partition coefficient (Wildman–Crippen LogP) is 3.33. The number of aliphatic hydroxyl groups is 1. The molecule has 0 spiro atoms. The standard InChI is InChI=1S/C14H14F3N3O2S/c1-8(21)6-18-13(22)19-11-7-23-20-12(11)9-3-2-4-10(5-9)14(15,16)17/h2-5,7-8,21H,6H2,1H3,(H2,18,19,22)/t8-/m0/s1. The Kier molecular flexibility index (Phi) is 5.22. The summed E-state index contributed by atoms with van der Waals surface area (Å²) < 4.78 is 42.4. The van der Waals surface area contributed by atoms with E-state index in [9.17, 15) is 18.0 Å². The number of amides is 2. The Morgan fingerprint density at radius 3 is 2.83 bits per heavy atom. The Hall–Kier alpha value is -2.13. The van der Waals surface area contributed by atoms with E-state index in [0.29, 0.717) is 5.69 Å². The molecular weight excluding hydrogens is 331 g/mol. The van der Waals surface area contributed by atoms with E-state index in [0.717, 1.165) is 23.7 Å². The van der Waals surface area contributed by atoms with Crippen LogP contribution in [0.1, 0.15) is 12.5 Å². The van der Waals surface area contributed by atoms with Crippen LogP contribution in [0.25, 0.3) is 11.3 Å². The SMILES string of the molecule is C[C@H](O)CNC(=O)Nc1csnc1-c1cccc(C(F)(F)F)c1. The van der Waals surface area contributed by atoms with Crippen molar-refractivity contribution in [1.82, 2.24) is 9.69 Å². The number of aliphatic hydroxyl groups excluding tert-OH is 1. The molecule has 9 heteroatoms. The third-order valence-corrected chi connectivity index (χ3v) is 3.47. The van der Waals surface area contributed by atoms with Crippen LogP contribution in [0.2, 0.25) is 0 Å². The fraction of sp³-hybridized carbons (Fsp3) is 0.286. The molecule has 1 heterocycles. The molecule has 0 aliphatic carbocycles. The fourth-order valence-electron chi connectivity index (χ4n) is 1.78. The van der Waals surface area contributed by atoms with Crippen LogP contribution in [0.4, 0.5) is 23.7 Å². The molecule has 0 fully saturated rings. The van der Waals surface area contributed by atoms with E-state index in [2.05, 4.69) is 15.0 Å². The maximum Gasteiger partial charge on any atom is 0.416 e. The van der Waals surface area contributed by atoms with Crippen molar-refractivity contribution < 1.29 is 23.1 Å². The highest BCUT2D eigenvalue weighted by Gasteiger charge is 2.30. The Labute approximate surface area is 134 Å². The number of hydrogen-bond acceptors (Lipinski definition) is 4. The van der Waals surface area contributed by atoms with E-state index < -0.39 is 23.9 Å². The average molecular weight is 345 g/mol. The topological polar surface area (TPSA) is 74.2 Å². The summed E-state index contributed by atoms with van der Waals surface area (Å²) in [5.74, 6) is 0. The first-order valence-electron chi connectivity index (χ1n) is 6.62. The summed E-state index contributed by atoms with van der Waals surface area (Å²) in [5.41, 5.74) is 0.0325. The molecule has 0 saturated carbocycles. The number of urea groups is 1. The van der Waals surface area contributed by atoms with Crippen molar-refractivity contribution in [1.29, 1.82) is 0 Å². The van der Waals surface area contributed by atoms with Crippen molar-refractivity contribution in [3.8, 4) is 11.3 Å². The lowest BCUT2D eigenvalue weighted by Gasteiger charge is -2.10. The fourth-order valence-corrected chi connectivity index (χ4v) is 2.42. The Morgan fingerprint density at radius 2 is 2.17 bits per heavy atom. The lowest BCUT2D eigenvalue weighted by Crippen LogP contribution is -2.34. The van der Waals surface area contributed by atoms with Crippen LogP contribution >= 0.6 is 11.5 Å². The molecule has 2 amide bonds. The van der Waals surface area contributed by atoms with Gasteiger partial charge >= 0.3 is 12.2 Å². The lowest BCUT2D eigenvalue weighted by molar-refractivity contribution is -0.137. The molecule has 0 aliphatic rings. The number of carbonyl (C=O) groups is 1. The predicted molar refractivity (Wildman–Crippen MR) is 81.3 cm³/mol. The first kappa shape index (κ1) is 17.2. The van der Waals surface area contributed by atoms with Gasteiger partial charge in [0.15, 0.2) is 0 Å². The van der Waals surface area contributed by atoms with Crippen molar-refractivity contribution in [2.75, 3.05) is 11.9 Å². The number of nitrogens with zero attached hydrogens (tertiary/aromatic N) is 1. The van der Waals surface area contributed by atoms with Gasteiger partial charge in [-0.3, -0.25) is 0 Å². The third kappa shape index (κ3) is 4.67. The minimum absolute atomic E-state index is 0.0578. The van der Waals surface area contributed by atoms with Crippen molar-refractivity contribution in [2.45, 2.75) is 19.2 Å². The molecule has 5 nitrogen and oxygen atoms in total. The third-order valence-electron chi connectivity index (χ3n) is 2.84. The van der Waals surface area contributed by atoms with Gasteiger partial charge in [-0.1, -0.05) is 12.1 Å². The molecule has 2 rings (SSSR count). The summed E-state index contributed by atoms with van der Waals surface area (Å²) in [5, 5.41) is 15.6. The molecule has 0 saturated heterocycles. The summed E-state index contributed by atoms with van der Waals surface area (Å²) in [7, 11) is 0. The van der Waals surface area contributed by atoms with Gasteiger partial charge in [0, 0.05) is 17.5 Å². The number of benzene rings is 1. The van der Waals surface area contributed by atoms with Gasteiger partial charge in [0.05, 0.1) is 17.4 Å². The molecule has 3 N–H and O–H groups in total. The van der Waals surface area contributed by atoms with E-state index in [1.807, 2.05) is 0 Å². The van der Waals surface area contributed by atoms with Gasteiger partial charge in [-0.15, -0.1) is 0 Å². The first-order chi connectivity index (χ1) is 10.8. The van der Waals surface area contributed by atoms with Crippen LogP contribution in [0.15, 0.2) is 29.6 Å². The smallest absolute Gasteiger partial charge is 0.392 e. The van der Waals surface area contributed by atoms with Gasteiger partial charge in [0.25, 0.3) is 0 Å². The zero-order valence-electron chi connectivity index (χ0n) is 12.0. The maximum atomic E-state index is 12.8. The summed E-state index contributed by atoms with van der Waals surface area (Å²) in [6, 6.07) is 4.16. The highest BCUT2D eigenvalue weighted by Crippen LogP contribution is 2.34. The number of aromatic nitrogens is 1. The molecule has 1 aromatic carbocycles. The molecule has 124 valence electrons. The summed E-state index contributed by atoms with van der Waals surface area (Å²) >= 11 is 1.02. The molecule has 0 aliphatic heterocycles. The Balaban J connectivity index is 2.20. The van der Waals surface area contributed by atoms with Crippen LogP contribution in [0, 0.1) is 0 Å². The zero-order chi connectivity index (χ0) is 17.0. The van der Waals surface area contributed by atoms with Crippen molar-refractivity contribution in [3.05, 3.63) is 35.2 Å². The first-order valence-corrected chi connectivity index (χ1v) is 7.46. The van der Waals surface area contributed by atoms with Crippen molar-refractivity contribution >= 4 is 23.3 Å². The van der Waals surface area contributed by atoms with Crippen LogP contribution in [-0.4, -0.2) is 28.2 Å². The largest absolute Gasteiger partial charge is 0.416 e. The van der Waals surface area contributed by atoms with Gasteiger partial charge in [0.2, 0.25) is 0 Å². The zero-order valence-corrected chi connectivity index (χ0v) is 12.8. The van der Waals surface area contributed by atoms with Gasteiger partial charge in [-0.05, 0) is 30.6 Å². The highest BCUT2D eigenvalue weighted by molar-refractivity contribution is 7.04. The van der Waals surface area contributed by atoms with Crippen molar-refractivity contribution in [2.24, 2.45) is 0 Å². The van der Waals surface area contributed by atoms with E-state index in [1.165, 1.54) is 24.4 Å². The quantitative estimate of drug-likeness (QED) is 0.796. The lowest BCUT2D eigenvalue weighted by atomic mass is 10.1. The van der Waals surface area contributed by atoms with Crippen LogP contribution < -0.4 is 10.6 Å². The summed E-state index contributed by atoms with van der Waals surface area (Å²) in [6.45, 7) is 1.57. The highest BCUT2D eigenvalue weighted by atomic mass is 32.1. The molecule has 0 radical (unpaired) electrons. The number of carbonyl (C=O) groups excluding carboxylic acids is 1. The van der Waals surface area contributed by atoms with Crippen molar-refractivity contribution in [3.63, 3.8) is 0 Å². The second-order valence-corrected chi connectivity index (χ2v) is 5.47. The number of anilines is 1. The Bertz CT molecular complexity index is 686. The van der Waals surface area contributed by atoms with Gasteiger partial charge in [-0.25, -0.2) is 4.79 Å². The van der Waals surface area contributed by atoms with E-state index in [4.69, 9.17) is 5.11 Å². The van der Waals surface area contributed by atoms with Crippen LogP contribution in [-0.2, 0) is 6.18 Å². The molecular formula is C14H14F3N3O2S. The molecule has 1 atom stereocenters. The monoisotopic (exact) mass is 345 g/mol. The number of alkyl halides is 3. The number of rotatable bonds is 4. The van der Waals surface area contributed by atoms with Gasteiger partial charge < -0.3 is 15.7 Å². The van der Waals surface area contributed by atoms with Crippen LogP contribution in [0.3, 0.4) is 0 Å². The second kappa shape index (κ2) is 6.97. The van der Waals surface area contributed by atoms with Crippen LogP contribution in [0.5, 0.6) is 0 Å². The maximum absolute atomic E-state index is 12.8. The normalized spacial score (nSPS) is 12.7. The number of nitrogens with one attached hydrogen (secondary N) is 2. The Morgan fingerprint density at radius 1 is 1.43 bits per heavy atom. The average Bonchev–Trinajstić information content (AvgIpc) is 2.92. The van der Waals surface area contributed by atoms with E-state index in [1.54, 1.807) is 0 Å². The molecule has 2 aromatic rings. The van der Waals surface area contributed by atoms with E-state index in [-0.39, 0.29) is 17.8 Å². The molecule has 0 bridgehead atoms. The number of halogens is 3. The minimum Gasteiger partial charge on any atom is -0.392 e. The number of hydrogen-bond donors (Lipinski definition) is 3.